The van der Waals surface area contributed by atoms with Crippen molar-refractivity contribution in [1.29, 1.82) is 0 Å². The highest BCUT2D eigenvalue weighted by Gasteiger charge is 2.35. The molecule has 0 radical (unpaired) electrons. The molecule has 0 aliphatic carbocycles. The van der Waals surface area contributed by atoms with Crippen molar-refractivity contribution in [2.75, 3.05) is 16.8 Å². The van der Waals surface area contributed by atoms with Crippen LogP contribution in [0.15, 0.2) is 48.7 Å². The fraction of sp³-hybridized carbons (Fsp3) is 0.316. The summed E-state index contributed by atoms with van der Waals surface area (Å²) in [6.45, 7) is 4.29. The summed E-state index contributed by atoms with van der Waals surface area (Å²) in [4.78, 5) is 30.4. The third kappa shape index (κ3) is 4.15. The summed E-state index contributed by atoms with van der Waals surface area (Å²) in [6, 6.07) is 12.7. The van der Waals surface area contributed by atoms with E-state index in [2.05, 4.69) is 10.3 Å². The van der Waals surface area contributed by atoms with E-state index in [-0.39, 0.29) is 30.3 Å². The van der Waals surface area contributed by atoms with Crippen molar-refractivity contribution in [1.82, 2.24) is 4.98 Å². The van der Waals surface area contributed by atoms with Gasteiger partial charge in [0.05, 0.1) is 12.0 Å². The lowest BCUT2D eigenvalue weighted by Crippen LogP contribution is -2.28. The van der Waals surface area contributed by atoms with Crippen LogP contribution in [-0.4, -0.2) is 29.4 Å². The number of amides is 2. The van der Waals surface area contributed by atoms with Crippen LogP contribution in [0, 0.1) is 5.92 Å². The van der Waals surface area contributed by atoms with Crippen molar-refractivity contribution < 1.29 is 14.3 Å². The van der Waals surface area contributed by atoms with Gasteiger partial charge in [-0.1, -0.05) is 6.07 Å². The number of nitrogens with zero attached hydrogens (tertiary/aromatic N) is 2. The number of carbonyl (C=O) groups is 2. The highest BCUT2D eigenvalue weighted by molar-refractivity contribution is 6.03. The van der Waals surface area contributed by atoms with Crippen LogP contribution in [0.4, 0.5) is 11.5 Å². The van der Waals surface area contributed by atoms with Gasteiger partial charge in [0.15, 0.2) is 0 Å². The molecule has 0 unspecified atom stereocenters. The van der Waals surface area contributed by atoms with Gasteiger partial charge in [0.2, 0.25) is 11.8 Å². The number of ether oxygens (including phenoxy) is 1. The fourth-order valence-corrected chi connectivity index (χ4v) is 2.77. The van der Waals surface area contributed by atoms with Crippen LogP contribution in [0.25, 0.3) is 0 Å². The molecular weight excluding hydrogens is 318 g/mol. The topological polar surface area (TPSA) is 71.5 Å². The Morgan fingerprint density at radius 3 is 2.64 bits per heavy atom. The van der Waals surface area contributed by atoms with E-state index in [9.17, 15) is 9.59 Å². The van der Waals surface area contributed by atoms with Gasteiger partial charge in [0.25, 0.3) is 0 Å². The van der Waals surface area contributed by atoms with Crippen molar-refractivity contribution in [3.63, 3.8) is 0 Å². The quantitative estimate of drug-likeness (QED) is 0.909. The number of hydrogen-bond donors (Lipinski definition) is 1. The minimum absolute atomic E-state index is 0.0568. The van der Waals surface area contributed by atoms with Gasteiger partial charge in [-0.05, 0) is 50.2 Å². The molecule has 6 heteroatoms. The lowest BCUT2D eigenvalue weighted by atomic mass is 10.1. The van der Waals surface area contributed by atoms with Crippen LogP contribution in [-0.2, 0) is 9.59 Å². The maximum atomic E-state index is 12.4. The zero-order valence-electron chi connectivity index (χ0n) is 14.3. The van der Waals surface area contributed by atoms with Gasteiger partial charge in [0.1, 0.15) is 11.6 Å². The predicted octanol–water partition coefficient (Wildman–Crippen LogP) is 2.86. The van der Waals surface area contributed by atoms with Crippen LogP contribution >= 0.6 is 0 Å². The van der Waals surface area contributed by atoms with Crippen LogP contribution in [0.3, 0.4) is 0 Å². The van der Waals surface area contributed by atoms with E-state index >= 15 is 0 Å². The first-order valence-corrected chi connectivity index (χ1v) is 8.32. The molecule has 1 aliphatic rings. The van der Waals surface area contributed by atoms with E-state index in [1.807, 2.05) is 38.1 Å². The molecule has 1 fully saturated rings. The van der Waals surface area contributed by atoms with Crippen LogP contribution < -0.4 is 15.0 Å². The Balaban J connectivity index is 1.65. The molecule has 1 aliphatic heterocycles. The Bertz CT molecular complexity index is 744. The maximum absolute atomic E-state index is 12.4. The number of rotatable bonds is 5. The molecule has 1 saturated heterocycles. The number of hydrogen-bond acceptors (Lipinski definition) is 4. The highest BCUT2D eigenvalue weighted by Crippen LogP contribution is 2.27. The van der Waals surface area contributed by atoms with Crippen molar-refractivity contribution in [2.45, 2.75) is 26.4 Å². The Morgan fingerprint density at radius 2 is 2.00 bits per heavy atom. The van der Waals surface area contributed by atoms with E-state index < -0.39 is 0 Å². The van der Waals surface area contributed by atoms with Crippen LogP contribution in [0.2, 0.25) is 0 Å². The molecule has 3 rings (SSSR count). The molecule has 6 nitrogen and oxygen atoms in total. The normalized spacial score (nSPS) is 17.0. The summed E-state index contributed by atoms with van der Waals surface area (Å²) >= 11 is 0. The maximum Gasteiger partial charge on any atom is 0.230 e. The number of anilines is 2. The average Bonchev–Trinajstić information content (AvgIpc) is 2.98. The predicted molar refractivity (Wildman–Crippen MR) is 95.5 cm³/mol. The van der Waals surface area contributed by atoms with Crippen molar-refractivity contribution in [3.8, 4) is 5.75 Å². The van der Waals surface area contributed by atoms with E-state index in [1.165, 1.54) is 0 Å². The number of carbonyl (C=O) groups excluding carboxylic acids is 2. The third-order valence-electron chi connectivity index (χ3n) is 3.93. The molecule has 2 amide bonds. The monoisotopic (exact) mass is 339 g/mol. The second kappa shape index (κ2) is 7.34. The summed E-state index contributed by atoms with van der Waals surface area (Å²) in [6.07, 6.45) is 1.91. The Hall–Kier alpha value is -2.89. The summed E-state index contributed by atoms with van der Waals surface area (Å²) in [7, 11) is 0. The van der Waals surface area contributed by atoms with Crippen molar-refractivity contribution >= 4 is 23.3 Å². The van der Waals surface area contributed by atoms with E-state index in [1.54, 1.807) is 29.3 Å². The van der Waals surface area contributed by atoms with Gasteiger partial charge in [-0.15, -0.1) is 0 Å². The Morgan fingerprint density at radius 1 is 1.24 bits per heavy atom. The lowest BCUT2D eigenvalue weighted by molar-refractivity contribution is -0.122. The molecule has 0 saturated carbocycles. The molecule has 25 heavy (non-hydrogen) atoms. The molecule has 1 atom stereocenters. The van der Waals surface area contributed by atoms with Gasteiger partial charge in [-0.25, -0.2) is 4.98 Å². The molecular formula is C19H21N3O3. The van der Waals surface area contributed by atoms with Gasteiger partial charge < -0.3 is 15.0 Å². The third-order valence-corrected chi connectivity index (χ3v) is 3.93. The second-order valence-electron chi connectivity index (χ2n) is 6.27. The first kappa shape index (κ1) is 17.0. The number of aromatic nitrogens is 1. The van der Waals surface area contributed by atoms with Crippen LogP contribution in [0.5, 0.6) is 5.75 Å². The fourth-order valence-electron chi connectivity index (χ4n) is 2.77. The van der Waals surface area contributed by atoms with E-state index in [0.29, 0.717) is 12.4 Å². The van der Waals surface area contributed by atoms with Crippen molar-refractivity contribution in [2.24, 2.45) is 5.92 Å². The highest BCUT2D eigenvalue weighted by atomic mass is 16.5. The number of benzene rings is 1. The SMILES string of the molecule is CC(C)Oc1ccc(N2C[C@H](C(=O)Nc3ccccn3)CC2=O)cc1. The molecule has 2 aromatic rings. The number of pyridine rings is 1. The zero-order valence-corrected chi connectivity index (χ0v) is 14.3. The standard InChI is InChI=1S/C19H21N3O3/c1-13(2)25-16-8-6-15(7-9-16)22-12-14(11-18(22)23)19(24)21-17-5-3-4-10-20-17/h3-10,13-14H,11-12H2,1-2H3,(H,20,21,24)/t14-/m1/s1. The summed E-state index contributed by atoms with van der Waals surface area (Å²) < 4.78 is 5.61. The zero-order chi connectivity index (χ0) is 17.8. The van der Waals surface area contributed by atoms with Crippen molar-refractivity contribution in [3.05, 3.63) is 48.7 Å². The average molecular weight is 339 g/mol. The van der Waals surface area contributed by atoms with Crippen LogP contribution in [0.1, 0.15) is 20.3 Å². The molecule has 0 spiro atoms. The molecule has 1 N–H and O–H groups in total. The first-order valence-electron chi connectivity index (χ1n) is 8.32. The summed E-state index contributed by atoms with van der Waals surface area (Å²) in [5, 5.41) is 2.76. The number of nitrogens with one attached hydrogen (secondary N) is 1. The molecule has 0 bridgehead atoms. The summed E-state index contributed by atoms with van der Waals surface area (Å²) in [5.74, 6) is 0.623. The minimum Gasteiger partial charge on any atom is -0.491 e. The molecule has 130 valence electrons. The molecule has 1 aromatic heterocycles. The summed E-state index contributed by atoms with van der Waals surface area (Å²) in [5.41, 5.74) is 0.772. The first-order chi connectivity index (χ1) is 12.0. The Labute approximate surface area is 146 Å². The van der Waals surface area contributed by atoms with Gasteiger partial charge in [0, 0.05) is 24.8 Å². The van der Waals surface area contributed by atoms with Gasteiger partial charge in [-0.3, -0.25) is 9.59 Å². The van der Waals surface area contributed by atoms with E-state index in [0.717, 1.165) is 11.4 Å². The largest absolute Gasteiger partial charge is 0.491 e. The van der Waals surface area contributed by atoms with Gasteiger partial charge >= 0.3 is 0 Å². The van der Waals surface area contributed by atoms with Gasteiger partial charge in [-0.2, -0.15) is 0 Å². The molecule has 2 heterocycles. The minimum atomic E-state index is -0.388. The second-order valence-corrected chi connectivity index (χ2v) is 6.27. The lowest BCUT2D eigenvalue weighted by Gasteiger charge is -2.17. The Kier molecular flexibility index (Phi) is 4.97. The smallest absolute Gasteiger partial charge is 0.230 e. The van der Waals surface area contributed by atoms with E-state index in [4.69, 9.17) is 4.74 Å². The molecule has 1 aromatic carbocycles.